The molecule has 0 atom stereocenters. The maximum Gasteiger partial charge on any atom is 0.317 e. The standard InChI is InChI=1S/C15H19N3O3/c1-21-14-3-2-12(8-13(14)9-16)10-17-4-6-18(7-5-17)11-15(19)20/h2-3,8H,4-7,10-11H2,1H3,(H,19,20). The Hall–Kier alpha value is -2.10. The van der Waals surface area contributed by atoms with E-state index in [1.54, 1.807) is 7.11 Å². The van der Waals surface area contributed by atoms with Crippen LogP contribution in [0, 0.1) is 11.3 Å². The molecular formula is C15H19N3O3. The Morgan fingerprint density at radius 3 is 2.57 bits per heavy atom. The minimum Gasteiger partial charge on any atom is -0.495 e. The number of carboxylic acid groups (broad SMARTS) is 1. The fraction of sp³-hybridized carbons (Fsp3) is 0.467. The van der Waals surface area contributed by atoms with Crippen molar-refractivity contribution in [3.63, 3.8) is 0 Å². The van der Waals surface area contributed by atoms with Gasteiger partial charge in [-0.3, -0.25) is 14.6 Å². The first-order valence-electron chi connectivity index (χ1n) is 6.86. The van der Waals surface area contributed by atoms with Gasteiger partial charge in [-0.05, 0) is 17.7 Å². The number of rotatable bonds is 5. The van der Waals surface area contributed by atoms with Crippen LogP contribution in [0.4, 0.5) is 0 Å². The zero-order valence-electron chi connectivity index (χ0n) is 12.1. The van der Waals surface area contributed by atoms with Crippen LogP contribution >= 0.6 is 0 Å². The average Bonchev–Trinajstić information content (AvgIpc) is 2.48. The lowest BCUT2D eigenvalue weighted by Crippen LogP contribution is -2.47. The highest BCUT2D eigenvalue weighted by Crippen LogP contribution is 2.20. The van der Waals surface area contributed by atoms with Crippen LogP contribution in [0.3, 0.4) is 0 Å². The summed E-state index contributed by atoms with van der Waals surface area (Å²) in [6.45, 7) is 4.05. The minimum atomic E-state index is -0.780. The van der Waals surface area contributed by atoms with Crippen LogP contribution in [0.15, 0.2) is 18.2 Å². The number of nitriles is 1. The van der Waals surface area contributed by atoms with Crippen molar-refractivity contribution in [2.24, 2.45) is 0 Å². The lowest BCUT2D eigenvalue weighted by molar-refractivity contribution is -0.138. The lowest BCUT2D eigenvalue weighted by Gasteiger charge is -2.33. The molecule has 0 amide bonds. The minimum absolute atomic E-state index is 0.106. The number of methoxy groups -OCH3 is 1. The third kappa shape index (κ3) is 4.18. The van der Waals surface area contributed by atoms with Crippen LogP contribution in [0.2, 0.25) is 0 Å². The van der Waals surface area contributed by atoms with Crippen LogP contribution in [0.5, 0.6) is 5.75 Å². The van der Waals surface area contributed by atoms with E-state index in [1.807, 2.05) is 23.1 Å². The van der Waals surface area contributed by atoms with Gasteiger partial charge in [-0.1, -0.05) is 6.07 Å². The smallest absolute Gasteiger partial charge is 0.317 e. The van der Waals surface area contributed by atoms with Gasteiger partial charge in [-0.15, -0.1) is 0 Å². The van der Waals surface area contributed by atoms with Gasteiger partial charge in [-0.2, -0.15) is 5.26 Å². The molecule has 6 nitrogen and oxygen atoms in total. The van der Waals surface area contributed by atoms with E-state index in [-0.39, 0.29) is 6.54 Å². The number of benzene rings is 1. The van der Waals surface area contributed by atoms with Crippen molar-refractivity contribution in [3.8, 4) is 11.8 Å². The summed E-state index contributed by atoms with van der Waals surface area (Å²) in [5.74, 6) is -0.190. The van der Waals surface area contributed by atoms with E-state index < -0.39 is 5.97 Å². The molecule has 0 aromatic heterocycles. The normalized spacial score (nSPS) is 16.4. The highest BCUT2D eigenvalue weighted by molar-refractivity contribution is 5.69. The number of hydrogen-bond donors (Lipinski definition) is 1. The summed E-state index contributed by atoms with van der Waals surface area (Å²) in [6.07, 6.45) is 0. The van der Waals surface area contributed by atoms with Crippen LogP contribution in [-0.4, -0.2) is 60.7 Å². The number of nitrogens with zero attached hydrogens (tertiary/aromatic N) is 3. The number of carboxylic acids is 1. The third-order valence-corrected chi connectivity index (χ3v) is 3.61. The van der Waals surface area contributed by atoms with E-state index in [2.05, 4.69) is 11.0 Å². The van der Waals surface area contributed by atoms with Gasteiger partial charge in [0.1, 0.15) is 11.8 Å². The predicted octanol–water partition coefficient (Wildman–Crippen LogP) is 0.769. The largest absolute Gasteiger partial charge is 0.495 e. The first kappa shape index (κ1) is 15.3. The molecule has 1 aliphatic rings. The van der Waals surface area contributed by atoms with Gasteiger partial charge in [0.2, 0.25) is 0 Å². The Labute approximate surface area is 124 Å². The van der Waals surface area contributed by atoms with Gasteiger partial charge in [0, 0.05) is 32.7 Å². The van der Waals surface area contributed by atoms with E-state index in [4.69, 9.17) is 15.1 Å². The van der Waals surface area contributed by atoms with E-state index in [9.17, 15) is 4.79 Å². The summed E-state index contributed by atoms with van der Waals surface area (Å²) >= 11 is 0. The number of carbonyl (C=O) groups is 1. The molecule has 1 heterocycles. The molecule has 0 unspecified atom stereocenters. The van der Waals surface area contributed by atoms with Crippen molar-refractivity contribution in [1.29, 1.82) is 5.26 Å². The SMILES string of the molecule is COc1ccc(CN2CCN(CC(=O)O)CC2)cc1C#N. The van der Waals surface area contributed by atoms with Gasteiger partial charge in [0.25, 0.3) is 0 Å². The molecule has 1 aliphatic heterocycles. The highest BCUT2D eigenvalue weighted by Gasteiger charge is 2.18. The van der Waals surface area contributed by atoms with Crippen molar-refractivity contribution in [2.75, 3.05) is 39.8 Å². The summed E-state index contributed by atoms with van der Waals surface area (Å²) in [6, 6.07) is 7.76. The molecule has 1 N–H and O–H groups in total. The second kappa shape index (κ2) is 7.07. The van der Waals surface area contributed by atoms with E-state index >= 15 is 0 Å². The molecule has 2 rings (SSSR count). The van der Waals surface area contributed by atoms with Crippen LogP contribution < -0.4 is 4.74 Å². The molecule has 0 aliphatic carbocycles. The summed E-state index contributed by atoms with van der Waals surface area (Å²) in [5, 5.41) is 17.9. The fourth-order valence-corrected chi connectivity index (χ4v) is 2.50. The zero-order chi connectivity index (χ0) is 15.2. The molecule has 1 aromatic carbocycles. The second-order valence-electron chi connectivity index (χ2n) is 5.09. The van der Waals surface area contributed by atoms with Crippen molar-refractivity contribution in [3.05, 3.63) is 29.3 Å². The summed E-state index contributed by atoms with van der Waals surface area (Å²) < 4.78 is 5.13. The third-order valence-electron chi connectivity index (χ3n) is 3.61. The Balaban J connectivity index is 1.92. The van der Waals surface area contributed by atoms with Crippen molar-refractivity contribution in [1.82, 2.24) is 9.80 Å². The zero-order valence-corrected chi connectivity index (χ0v) is 12.1. The number of aliphatic carboxylic acids is 1. The van der Waals surface area contributed by atoms with Crippen LogP contribution in [-0.2, 0) is 11.3 Å². The Kier molecular flexibility index (Phi) is 5.14. The van der Waals surface area contributed by atoms with Crippen LogP contribution in [0.25, 0.3) is 0 Å². The second-order valence-corrected chi connectivity index (χ2v) is 5.09. The lowest BCUT2D eigenvalue weighted by atomic mass is 10.1. The fourth-order valence-electron chi connectivity index (χ4n) is 2.50. The molecule has 0 bridgehead atoms. The van der Waals surface area contributed by atoms with Crippen molar-refractivity contribution < 1.29 is 14.6 Å². The molecule has 6 heteroatoms. The summed E-state index contributed by atoms with van der Waals surface area (Å²) in [7, 11) is 1.55. The molecule has 112 valence electrons. The van der Waals surface area contributed by atoms with Gasteiger partial charge in [-0.25, -0.2) is 0 Å². The molecule has 1 aromatic rings. The number of hydrogen-bond acceptors (Lipinski definition) is 5. The average molecular weight is 289 g/mol. The van der Waals surface area contributed by atoms with Gasteiger partial charge in [0.15, 0.2) is 0 Å². The molecule has 0 radical (unpaired) electrons. The Bertz CT molecular complexity index is 546. The summed E-state index contributed by atoms with van der Waals surface area (Å²) in [5.41, 5.74) is 1.61. The molecule has 0 spiro atoms. The van der Waals surface area contributed by atoms with E-state index in [1.165, 1.54) is 0 Å². The molecule has 21 heavy (non-hydrogen) atoms. The topological polar surface area (TPSA) is 76.8 Å². The molecular weight excluding hydrogens is 270 g/mol. The predicted molar refractivity (Wildman–Crippen MR) is 77.1 cm³/mol. The molecule has 1 fully saturated rings. The van der Waals surface area contributed by atoms with Crippen molar-refractivity contribution >= 4 is 5.97 Å². The Morgan fingerprint density at radius 2 is 2.00 bits per heavy atom. The first-order valence-corrected chi connectivity index (χ1v) is 6.86. The van der Waals surface area contributed by atoms with Gasteiger partial charge in [0.05, 0.1) is 19.2 Å². The number of piperazine rings is 1. The number of ether oxygens (including phenoxy) is 1. The van der Waals surface area contributed by atoms with Gasteiger partial charge >= 0.3 is 5.97 Å². The molecule has 0 saturated carbocycles. The van der Waals surface area contributed by atoms with E-state index in [0.717, 1.165) is 38.3 Å². The monoisotopic (exact) mass is 289 g/mol. The van der Waals surface area contributed by atoms with Gasteiger partial charge < -0.3 is 9.84 Å². The van der Waals surface area contributed by atoms with Crippen LogP contribution in [0.1, 0.15) is 11.1 Å². The highest BCUT2D eigenvalue weighted by atomic mass is 16.5. The maximum atomic E-state index is 10.7. The quantitative estimate of drug-likeness (QED) is 0.863. The maximum absolute atomic E-state index is 10.7. The molecule has 1 saturated heterocycles. The van der Waals surface area contributed by atoms with E-state index in [0.29, 0.717) is 11.3 Å². The van der Waals surface area contributed by atoms with Crippen molar-refractivity contribution in [2.45, 2.75) is 6.54 Å². The Morgan fingerprint density at radius 1 is 1.33 bits per heavy atom. The first-order chi connectivity index (χ1) is 10.1. The summed E-state index contributed by atoms with van der Waals surface area (Å²) in [4.78, 5) is 14.9.